The summed E-state index contributed by atoms with van der Waals surface area (Å²) in [4.78, 5) is 21.9. The minimum atomic E-state index is -0.640. The van der Waals surface area contributed by atoms with E-state index in [4.69, 9.17) is 22.2 Å². The zero-order chi connectivity index (χ0) is 16.8. The first-order valence-electron chi connectivity index (χ1n) is 6.40. The SMILES string of the molecule is NNC(=O)/C(=C/c1ccc([N+](=O)[O-])cc1)Oc1ccc(Cl)cc1. The minimum Gasteiger partial charge on any atom is -0.452 e. The standard InChI is InChI=1S/C15H12ClN3O4/c16-11-3-7-13(8-4-11)23-14(15(20)18-17)9-10-1-5-12(6-2-10)19(21)22/h1-9H,17H2,(H,18,20)/b14-9-. The van der Waals surface area contributed by atoms with Crippen molar-refractivity contribution in [3.8, 4) is 5.75 Å². The van der Waals surface area contributed by atoms with Crippen LogP contribution in [-0.2, 0) is 4.79 Å². The third-order valence-corrected chi connectivity index (χ3v) is 3.05. The maximum Gasteiger partial charge on any atom is 0.300 e. The Kier molecular flexibility index (Phi) is 5.29. The van der Waals surface area contributed by atoms with Crippen molar-refractivity contribution in [1.82, 2.24) is 5.43 Å². The van der Waals surface area contributed by atoms with Crippen molar-refractivity contribution in [2.75, 3.05) is 0 Å². The second-order valence-electron chi connectivity index (χ2n) is 4.39. The molecule has 23 heavy (non-hydrogen) atoms. The molecule has 0 aromatic heterocycles. The fourth-order valence-corrected chi connectivity index (χ4v) is 1.81. The highest BCUT2D eigenvalue weighted by Gasteiger charge is 2.12. The largest absolute Gasteiger partial charge is 0.452 e. The van der Waals surface area contributed by atoms with Crippen molar-refractivity contribution in [3.63, 3.8) is 0 Å². The molecule has 0 aliphatic heterocycles. The number of hydrogen-bond donors (Lipinski definition) is 2. The number of hydrazine groups is 1. The van der Waals surface area contributed by atoms with E-state index in [2.05, 4.69) is 0 Å². The number of rotatable bonds is 5. The molecule has 0 radical (unpaired) electrons. The van der Waals surface area contributed by atoms with Gasteiger partial charge in [-0.05, 0) is 48.0 Å². The number of benzene rings is 2. The van der Waals surface area contributed by atoms with E-state index in [-0.39, 0.29) is 11.4 Å². The van der Waals surface area contributed by atoms with Crippen molar-refractivity contribution in [1.29, 1.82) is 0 Å². The van der Waals surface area contributed by atoms with Gasteiger partial charge >= 0.3 is 5.91 Å². The molecule has 8 heteroatoms. The number of ether oxygens (including phenoxy) is 1. The quantitative estimate of drug-likeness (QED) is 0.218. The van der Waals surface area contributed by atoms with E-state index in [9.17, 15) is 14.9 Å². The Morgan fingerprint density at radius 2 is 1.78 bits per heavy atom. The average Bonchev–Trinajstić information content (AvgIpc) is 2.56. The molecule has 0 aliphatic carbocycles. The van der Waals surface area contributed by atoms with Crippen molar-refractivity contribution < 1.29 is 14.5 Å². The summed E-state index contributed by atoms with van der Waals surface area (Å²) in [6.45, 7) is 0. The predicted molar refractivity (Wildman–Crippen MR) is 85.5 cm³/mol. The van der Waals surface area contributed by atoms with Gasteiger partial charge in [0.2, 0.25) is 0 Å². The van der Waals surface area contributed by atoms with Crippen LogP contribution >= 0.6 is 11.6 Å². The van der Waals surface area contributed by atoms with Gasteiger partial charge in [0.25, 0.3) is 5.69 Å². The van der Waals surface area contributed by atoms with Crippen LogP contribution < -0.4 is 16.0 Å². The zero-order valence-corrected chi connectivity index (χ0v) is 12.5. The molecule has 0 aliphatic rings. The van der Waals surface area contributed by atoms with Gasteiger partial charge in [0, 0.05) is 17.2 Å². The number of amides is 1. The van der Waals surface area contributed by atoms with E-state index in [0.29, 0.717) is 16.3 Å². The number of halogens is 1. The Morgan fingerprint density at radius 1 is 1.17 bits per heavy atom. The summed E-state index contributed by atoms with van der Waals surface area (Å²) in [5.74, 6) is 4.83. The molecule has 2 aromatic rings. The summed E-state index contributed by atoms with van der Waals surface area (Å²) < 4.78 is 5.48. The Bertz CT molecular complexity index is 742. The molecule has 0 atom stereocenters. The van der Waals surface area contributed by atoms with E-state index in [1.54, 1.807) is 24.3 Å². The fraction of sp³-hybridized carbons (Fsp3) is 0. The molecule has 2 rings (SSSR count). The Labute approximate surface area is 136 Å². The summed E-state index contributed by atoms with van der Waals surface area (Å²) in [6.07, 6.45) is 1.42. The van der Waals surface area contributed by atoms with Crippen LogP contribution in [0.15, 0.2) is 54.3 Å². The first kappa shape index (κ1) is 16.5. The monoisotopic (exact) mass is 333 g/mol. The van der Waals surface area contributed by atoms with E-state index in [0.717, 1.165) is 0 Å². The molecule has 7 nitrogen and oxygen atoms in total. The van der Waals surface area contributed by atoms with E-state index in [1.165, 1.54) is 30.3 Å². The number of nitro benzene ring substituents is 1. The Hall–Kier alpha value is -2.90. The molecule has 118 valence electrons. The molecule has 0 bridgehead atoms. The van der Waals surface area contributed by atoms with Crippen LogP contribution in [0.4, 0.5) is 5.69 Å². The number of nitrogens with one attached hydrogen (secondary N) is 1. The number of nitro groups is 1. The van der Waals surface area contributed by atoms with Crippen LogP contribution in [0.5, 0.6) is 5.75 Å². The average molecular weight is 334 g/mol. The smallest absolute Gasteiger partial charge is 0.300 e. The zero-order valence-electron chi connectivity index (χ0n) is 11.7. The summed E-state index contributed by atoms with van der Waals surface area (Å²) in [5, 5.41) is 11.2. The van der Waals surface area contributed by atoms with Crippen molar-refractivity contribution in [2.24, 2.45) is 5.84 Å². The molecular formula is C15H12ClN3O4. The van der Waals surface area contributed by atoms with Gasteiger partial charge in [0.1, 0.15) is 5.75 Å². The summed E-state index contributed by atoms with van der Waals surface area (Å²) >= 11 is 5.78. The lowest BCUT2D eigenvalue weighted by atomic mass is 10.2. The first-order chi connectivity index (χ1) is 11.0. The van der Waals surface area contributed by atoms with Gasteiger partial charge in [-0.3, -0.25) is 20.3 Å². The van der Waals surface area contributed by atoms with Gasteiger partial charge in [0.15, 0.2) is 5.76 Å². The van der Waals surface area contributed by atoms with Crippen LogP contribution in [-0.4, -0.2) is 10.8 Å². The number of nitrogens with two attached hydrogens (primary N) is 1. The van der Waals surface area contributed by atoms with Crippen molar-refractivity contribution >= 4 is 29.3 Å². The molecule has 0 unspecified atom stereocenters. The van der Waals surface area contributed by atoms with Crippen molar-refractivity contribution in [3.05, 3.63) is 75.0 Å². The summed E-state index contributed by atoms with van der Waals surface area (Å²) in [6, 6.07) is 12.0. The molecule has 0 saturated carbocycles. The second kappa shape index (κ2) is 7.39. The van der Waals surface area contributed by atoms with Gasteiger partial charge in [-0.1, -0.05) is 11.6 Å². The van der Waals surface area contributed by atoms with Gasteiger partial charge in [-0.2, -0.15) is 0 Å². The minimum absolute atomic E-state index is 0.0504. The number of non-ortho nitro benzene ring substituents is 1. The van der Waals surface area contributed by atoms with Gasteiger partial charge in [-0.15, -0.1) is 0 Å². The predicted octanol–water partition coefficient (Wildman–Crippen LogP) is 2.66. The van der Waals surface area contributed by atoms with E-state index in [1.807, 2.05) is 5.43 Å². The molecule has 0 spiro atoms. The molecule has 2 aromatic carbocycles. The van der Waals surface area contributed by atoms with Gasteiger partial charge in [-0.25, -0.2) is 5.84 Å². The molecule has 3 N–H and O–H groups in total. The number of hydrogen-bond acceptors (Lipinski definition) is 5. The topological polar surface area (TPSA) is 107 Å². The van der Waals surface area contributed by atoms with Crippen LogP contribution in [0.3, 0.4) is 0 Å². The highest BCUT2D eigenvalue weighted by Crippen LogP contribution is 2.20. The second-order valence-corrected chi connectivity index (χ2v) is 4.82. The highest BCUT2D eigenvalue weighted by atomic mass is 35.5. The first-order valence-corrected chi connectivity index (χ1v) is 6.78. The lowest BCUT2D eigenvalue weighted by Gasteiger charge is -2.09. The molecule has 0 heterocycles. The van der Waals surface area contributed by atoms with Gasteiger partial charge in [0.05, 0.1) is 4.92 Å². The lowest BCUT2D eigenvalue weighted by Crippen LogP contribution is -2.33. The Morgan fingerprint density at radius 3 is 2.30 bits per heavy atom. The van der Waals surface area contributed by atoms with E-state index >= 15 is 0 Å². The fourth-order valence-electron chi connectivity index (χ4n) is 1.69. The Balaban J connectivity index is 2.28. The lowest BCUT2D eigenvalue weighted by molar-refractivity contribution is -0.384. The third kappa shape index (κ3) is 4.53. The van der Waals surface area contributed by atoms with E-state index < -0.39 is 10.8 Å². The number of nitrogens with zero attached hydrogens (tertiary/aromatic N) is 1. The van der Waals surface area contributed by atoms with Crippen LogP contribution in [0.1, 0.15) is 5.56 Å². The molecule has 1 amide bonds. The molecule has 0 fully saturated rings. The van der Waals surface area contributed by atoms with Crippen LogP contribution in [0, 0.1) is 10.1 Å². The molecular weight excluding hydrogens is 322 g/mol. The maximum atomic E-state index is 11.8. The molecule has 0 saturated heterocycles. The number of carbonyl (C=O) groups is 1. The maximum absolute atomic E-state index is 11.8. The normalized spacial score (nSPS) is 11.0. The van der Waals surface area contributed by atoms with Crippen LogP contribution in [0.25, 0.3) is 6.08 Å². The van der Waals surface area contributed by atoms with Crippen molar-refractivity contribution in [2.45, 2.75) is 0 Å². The third-order valence-electron chi connectivity index (χ3n) is 2.80. The summed E-state index contributed by atoms with van der Waals surface area (Å²) in [5.41, 5.74) is 2.47. The highest BCUT2D eigenvalue weighted by molar-refractivity contribution is 6.30. The van der Waals surface area contributed by atoms with Gasteiger partial charge < -0.3 is 4.74 Å². The summed E-state index contributed by atoms with van der Waals surface area (Å²) in [7, 11) is 0. The van der Waals surface area contributed by atoms with Crippen LogP contribution in [0.2, 0.25) is 5.02 Å². The number of carbonyl (C=O) groups excluding carboxylic acids is 1.